The van der Waals surface area contributed by atoms with Crippen LogP contribution in [0.25, 0.3) is 0 Å². The third kappa shape index (κ3) is 3.93. The molecule has 0 atom stereocenters. The molecule has 2 aromatic heterocycles. The summed E-state index contributed by atoms with van der Waals surface area (Å²) in [6, 6.07) is 2.02. The average molecular weight is 315 g/mol. The van der Waals surface area contributed by atoms with Gasteiger partial charge in [-0.05, 0) is 13.0 Å². The first-order valence-electron chi connectivity index (χ1n) is 6.22. The zero-order valence-electron chi connectivity index (χ0n) is 11.4. The second-order valence-electron chi connectivity index (χ2n) is 4.45. The fourth-order valence-corrected chi connectivity index (χ4v) is 1.70. The van der Waals surface area contributed by atoms with Crippen LogP contribution in [0.1, 0.15) is 11.4 Å². The van der Waals surface area contributed by atoms with Gasteiger partial charge in [-0.15, -0.1) is 0 Å². The number of halogens is 3. The summed E-state index contributed by atoms with van der Waals surface area (Å²) in [6.07, 6.45) is -3.26. The number of aromatic nitrogens is 4. The van der Waals surface area contributed by atoms with E-state index < -0.39 is 23.1 Å². The zero-order chi connectivity index (χ0) is 16.3. The highest BCUT2D eigenvalue weighted by Crippen LogP contribution is 2.28. The second kappa shape index (κ2) is 6.00. The summed E-state index contributed by atoms with van der Waals surface area (Å²) in [7, 11) is 0. The van der Waals surface area contributed by atoms with Crippen molar-refractivity contribution in [3.63, 3.8) is 0 Å². The summed E-state index contributed by atoms with van der Waals surface area (Å²) in [6.45, 7) is 1.68. The predicted octanol–water partition coefficient (Wildman–Crippen LogP) is 0.766. The summed E-state index contributed by atoms with van der Waals surface area (Å²) in [5.74, 6) is -0.176. The standard InChI is InChI=1S/C12H12F3N5O2/c1-7-6-8(12(13,14)15)18-10(17-7)16-3-5-20-4-2-9(21)19-11(20)22/h2,4,6H,3,5H2,1H3,(H,16,17,18)(H,19,21,22). The molecule has 2 aromatic rings. The Morgan fingerprint density at radius 1 is 1.32 bits per heavy atom. The van der Waals surface area contributed by atoms with Crippen LogP contribution < -0.4 is 16.6 Å². The van der Waals surface area contributed by atoms with Crippen LogP contribution in [0.4, 0.5) is 19.1 Å². The number of rotatable bonds is 4. The van der Waals surface area contributed by atoms with Gasteiger partial charge in [0, 0.05) is 31.0 Å². The SMILES string of the molecule is Cc1cc(C(F)(F)F)nc(NCCn2ccc(=O)[nH]c2=O)n1. The molecular formula is C12H12F3N5O2. The van der Waals surface area contributed by atoms with E-state index >= 15 is 0 Å². The molecule has 0 aliphatic carbocycles. The first-order chi connectivity index (χ1) is 10.3. The number of nitrogens with one attached hydrogen (secondary N) is 2. The van der Waals surface area contributed by atoms with Crippen LogP contribution in [0, 0.1) is 6.92 Å². The number of nitrogens with zero attached hydrogens (tertiary/aromatic N) is 3. The maximum atomic E-state index is 12.6. The van der Waals surface area contributed by atoms with Crippen molar-refractivity contribution in [1.82, 2.24) is 19.5 Å². The van der Waals surface area contributed by atoms with Crippen LogP contribution in [-0.2, 0) is 12.7 Å². The van der Waals surface area contributed by atoms with E-state index in [1.165, 1.54) is 23.8 Å². The monoisotopic (exact) mass is 315 g/mol. The first kappa shape index (κ1) is 15.7. The highest BCUT2D eigenvalue weighted by Gasteiger charge is 2.33. The molecule has 2 rings (SSSR count). The Bertz CT molecular complexity index is 781. The molecular weight excluding hydrogens is 303 g/mol. The molecule has 22 heavy (non-hydrogen) atoms. The van der Waals surface area contributed by atoms with Gasteiger partial charge < -0.3 is 5.32 Å². The number of anilines is 1. The zero-order valence-corrected chi connectivity index (χ0v) is 11.4. The Labute approximate surface area is 121 Å². The van der Waals surface area contributed by atoms with Gasteiger partial charge in [-0.3, -0.25) is 14.3 Å². The van der Waals surface area contributed by atoms with Crippen LogP contribution in [0.15, 0.2) is 27.9 Å². The lowest BCUT2D eigenvalue weighted by atomic mass is 10.3. The van der Waals surface area contributed by atoms with Crippen LogP contribution in [0.5, 0.6) is 0 Å². The van der Waals surface area contributed by atoms with E-state index in [9.17, 15) is 22.8 Å². The molecule has 0 bridgehead atoms. The van der Waals surface area contributed by atoms with E-state index in [2.05, 4.69) is 20.3 Å². The van der Waals surface area contributed by atoms with Gasteiger partial charge in [-0.25, -0.2) is 14.8 Å². The van der Waals surface area contributed by atoms with Gasteiger partial charge >= 0.3 is 11.9 Å². The molecule has 10 heteroatoms. The lowest BCUT2D eigenvalue weighted by molar-refractivity contribution is -0.141. The molecule has 2 heterocycles. The molecule has 0 aliphatic heterocycles. The molecule has 0 saturated carbocycles. The average Bonchev–Trinajstić information content (AvgIpc) is 2.39. The molecule has 0 aromatic carbocycles. The lowest BCUT2D eigenvalue weighted by Crippen LogP contribution is -2.30. The predicted molar refractivity (Wildman–Crippen MR) is 71.6 cm³/mol. The maximum Gasteiger partial charge on any atom is 0.433 e. The van der Waals surface area contributed by atoms with Crippen molar-refractivity contribution in [2.24, 2.45) is 0 Å². The summed E-state index contributed by atoms with van der Waals surface area (Å²) in [4.78, 5) is 31.6. The van der Waals surface area contributed by atoms with E-state index in [1.807, 2.05) is 0 Å². The molecule has 0 amide bonds. The van der Waals surface area contributed by atoms with E-state index in [4.69, 9.17) is 0 Å². The highest BCUT2D eigenvalue weighted by atomic mass is 19.4. The summed E-state index contributed by atoms with van der Waals surface area (Å²) in [5.41, 5.74) is -1.99. The van der Waals surface area contributed by atoms with E-state index in [-0.39, 0.29) is 24.7 Å². The number of aryl methyl sites for hydroxylation is 1. The highest BCUT2D eigenvalue weighted by molar-refractivity contribution is 5.28. The van der Waals surface area contributed by atoms with Gasteiger partial charge in [-0.2, -0.15) is 13.2 Å². The van der Waals surface area contributed by atoms with Crippen molar-refractivity contribution in [3.8, 4) is 0 Å². The quantitative estimate of drug-likeness (QED) is 0.869. The van der Waals surface area contributed by atoms with Crippen molar-refractivity contribution in [2.75, 3.05) is 11.9 Å². The number of hydrogen-bond donors (Lipinski definition) is 2. The van der Waals surface area contributed by atoms with Crippen molar-refractivity contribution in [3.05, 3.63) is 50.6 Å². The molecule has 0 aliphatic rings. The Morgan fingerprint density at radius 3 is 2.68 bits per heavy atom. The van der Waals surface area contributed by atoms with Gasteiger partial charge in [0.1, 0.15) is 5.69 Å². The van der Waals surface area contributed by atoms with E-state index in [1.54, 1.807) is 0 Å². The minimum atomic E-state index is -4.56. The summed E-state index contributed by atoms with van der Waals surface area (Å²) < 4.78 is 39.1. The van der Waals surface area contributed by atoms with Crippen molar-refractivity contribution in [1.29, 1.82) is 0 Å². The minimum Gasteiger partial charge on any atom is -0.352 e. The van der Waals surface area contributed by atoms with Crippen LogP contribution >= 0.6 is 0 Å². The Balaban J connectivity index is 2.07. The third-order valence-electron chi connectivity index (χ3n) is 2.68. The summed E-state index contributed by atoms with van der Waals surface area (Å²) in [5, 5.41) is 2.61. The summed E-state index contributed by atoms with van der Waals surface area (Å²) >= 11 is 0. The fourth-order valence-electron chi connectivity index (χ4n) is 1.70. The van der Waals surface area contributed by atoms with Crippen molar-refractivity contribution < 1.29 is 13.2 Å². The van der Waals surface area contributed by atoms with E-state index in [0.717, 1.165) is 6.07 Å². The van der Waals surface area contributed by atoms with Crippen molar-refractivity contribution >= 4 is 5.95 Å². The smallest absolute Gasteiger partial charge is 0.352 e. The van der Waals surface area contributed by atoms with Crippen LogP contribution in [0.2, 0.25) is 0 Å². The lowest BCUT2D eigenvalue weighted by Gasteiger charge is -2.10. The number of aromatic amines is 1. The van der Waals surface area contributed by atoms with E-state index in [0.29, 0.717) is 0 Å². The molecule has 118 valence electrons. The molecule has 0 fully saturated rings. The van der Waals surface area contributed by atoms with Gasteiger partial charge in [0.15, 0.2) is 0 Å². The number of alkyl halides is 3. The fraction of sp³-hybridized carbons (Fsp3) is 0.333. The maximum absolute atomic E-state index is 12.6. The van der Waals surface area contributed by atoms with Gasteiger partial charge in [0.25, 0.3) is 5.56 Å². The van der Waals surface area contributed by atoms with Gasteiger partial charge in [-0.1, -0.05) is 0 Å². The molecule has 0 saturated heterocycles. The van der Waals surface area contributed by atoms with Crippen LogP contribution in [0.3, 0.4) is 0 Å². The molecule has 0 unspecified atom stereocenters. The number of hydrogen-bond acceptors (Lipinski definition) is 5. The van der Waals surface area contributed by atoms with Crippen molar-refractivity contribution in [2.45, 2.75) is 19.6 Å². The van der Waals surface area contributed by atoms with Crippen LogP contribution in [-0.4, -0.2) is 26.1 Å². The third-order valence-corrected chi connectivity index (χ3v) is 2.68. The largest absolute Gasteiger partial charge is 0.433 e. The van der Waals surface area contributed by atoms with Gasteiger partial charge in [0.05, 0.1) is 0 Å². The normalized spacial score (nSPS) is 11.5. The Kier molecular flexibility index (Phi) is 4.29. The first-order valence-corrected chi connectivity index (χ1v) is 6.22. The molecule has 0 spiro atoms. The Morgan fingerprint density at radius 2 is 2.05 bits per heavy atom. The number of H-pyrrole nitrogens is 1. The Hall–Kier alpha value is -2.65. The molecule has 0 radical (unpaired) electrons. The second-order valence-corrected chi connectivity index (χ2v) is 4.45. The minimum absolute atomic E-state index is 0.118. The molecule has 2 N–H and O–H groups in total. The molecule has 7 nitrogen and oxygen atoms in total. The topological polar surface area (TPSA) is 92.7 Å². The van der Waals surface area contributed by atoms with Gasteiger partial charge in [0.2, 0.25) is 5.95 Å².